The van der Waals surface area contributed by atoms with E-state index in [1.54, 1.807) is 36.4 Å². The fourth-order valence-corrected chi connectivity index (χ4v) is 3.33. The van der Waals surface area contributed by atoms with Crippen LogP contribution in [0.5, 0.6) is 5.75 Å². The Morgan fingerprint density at radius 3 is 2.28 bits per heavy atom. The van der Waals surface area contributed by atoms with E-state index in [0.29, 0.717) is 17.9 Å². The van der Waals surface area contributed by atoms with Gasteiger partial charge in [0, 0.05) is 23.1 Å². The largest absolute Gasteiger partial charge is 0.494 e. The first-order valence-electron chi connectivity index (χ1n) is 7.68. The molecule has 2 rings (SSSR count). The lowest BCUT2D eigenvalue weighted by Crippen LogP contribution is -2.34. The molecule has 0 saturated carbocycles. The van der Waals surface area contributed by atoms with Crippen molar-refractivity contribution in [3.05, 3.63) is 58.6 Å². The lowest BCUT2D eigenvalue weighted by atomic mass is 10.2. The van der Waals surface area contributed by atoms with E-state index in [9.17, 15) is 13.2 Å². The number of halogens is 1. The zero-order valence-corrected chi connectivity index (χ0v) is 16.1. The molecule has 0 aromatic heterocycles. The maximum Gasteiger partial charge on any atom is 0.251 e. The predicted octanol–water partition coefficient (Wildman–Crippen LogP) is 2.56. The minimum atomic E-state index is -3.62. The molecule has 0 spiro atoms. The van der Waals surface area contributed by atoms with Gasteiger partial charge in [0.05, 0.1) is 11.5 Å². The molecular weight excluding hydrogens is 408 g/mol. The van der Waals surface area contributed by atoms with Crippen LogP contribution in [0.4, 0.5) is 0 Å². The van der Waals surface area contributed by atoms with Gasteiger partial charge in [0.2, 0.25) is 10.0 Å². The summed E-state index contributed by atoms with van der Waals surface area (Å²) in [5, 5.41) is 2.67. The second-order valence-corrected chi connectivity index (χ2v) is 7.75. The van der Waals surface area contributed by atoms with Gasteiger partial charge in [-0.1, -0.05) is 15.9 Å². The molecule has 0 unspecified atom stereocenters. The molecule has 0 atom stereocenters. The van der Waals surface area contributed by atoms with Gasteiger partial charge in [0.15, 0.2) is 0 Å². The molecule has 25 heavy (non-hydrogen) atoms. The molecule has 8 heteroatoms. The van der Waals surface area contributed by atoms with Crippen LogP contribution in [0.15, 0.2) is 57.9 Å². The number of carbonyl (C=O) groups excluding carboxylic acids is 1. The van der Waals surface area contributed by atoms with Crippen molar-refractivity contribution in [1.29, 1.82) is 0 Å². The van der Waals surface area contributed by atoms with Crippen LogP contribution in [0, 0.1) is 0 Å². The van der Waals surface area contributed by atoms with Crippen LogP contribution < -0.4 is 14.8 Å². The van der Waals surface area contributed by atoms with E-state index in [1.807, 2.05) is 6.92 Å². The van der Waals surface area contributed by atoms with Crippen LogP contribution in [0.2, 0.25) is 0 Å². The lowest BCUT2D eigenvalue weighted by molar-refractivity contribution is 0.0954. The smallest absolute Gasteiger partial charge is 0.251 e. The average molecular weight is 427 g/mol. The third-order valence-corrected chi connectivity index (χ3v) is 5.26. The quantitative estimate of drug-likeness (QED) is 0.635. The predicted molar refractivity (Wildman–Crippen MR) is 99.3 cm³/mol. The highest BCUT2D eigenvalue weighted by Gasteiger charge is 2.13. The molecule has 0 aliphatic rings. The molecule has 2 aromatic rings. The molecule has 134 valence electrons. The van der Waals surface area contributed by atoms with Gasteiger partial charge >= 0.3 is 0 Å². The normalized spacial score (nSPS) is 11.1. The summed E-state index contributed by atoms with van der Waals surface area (Å²) in [5.74, 6) is 0.357. The number of amides is 1. The van der Waals surface area contributed by atoms with Gasteiger partial charge in [-0.05, 0) is 55.5 Å². The molecule has 0 saturated heterocycles. The summed E-state index contributed by atoms with van der Waals surface area (Å²) in [6, 6.07) is 13.1. The third kappa shape index (κ3) is 5.84. The van der Waals surface area contributed by atoms with Gasteiger partial charge in [-0.2, -0.15) is 0 Å². The van der Waals surface area contributed by atoms with Crippen molar-refractivity contribution < 1.29 is 17.9 Å². The van der Waals surface area contributed by atoms with Crippen molar-refractivity contribution >= 4 is 31.9 Å². The van der Waals surface area contributed by atoms with Crippen LogP contribution in [-0.2, 0) is 10.0 Å². The summed E-state index contributed by atoms with van der Waals surface area (Å²) in [7, 11) is -3.62. The topological polar surface area (TPSA) is 84.5 Å². The van der Waals surface area contributed by atoms with Gasteiger partial charge < -0.3 is 10.1 Å². The second-order valence-electron chi connectivity index (χ2n) is 5.06. The van der Waals surface area contributed by atoms with Gasteiger partial charge in [-0.3, -0.25) is 4.79 Å². The van der Waals surface area contributed by atoms with E-state index >= 15 is 0 Å². The molecule has 0 heterocycles. The number of nitrogens with one attached hydrogen (secondary N) is 2. The fraction of sp³-hybridized carbons (Fsp3) is 0.235. The Morgan fingerprint density at radius 1 is 1.04 bits per heavy atom. The summed E-state index contributed by atoms with van der Waals surface area (Å²) in [6.07, 6.45) is 0. The van der Waals surface area contributed by atoms with Crippen molar-refractivity contribution in [1.82, 2.24) is 10.0 Å². The summed E-state index contributed by atoms with van der Waals surface area (Å²) < 4.78 is 33.0. The number of rotatable bonds is 8. The van der Waals surface area contributed by atoms with Crippen LogP contribution >= 0.6 is 15.9 Å². The van der Waals surface area contributed by atoms with E-state index in [1.165, 1.54) is 12.1 Å². The zero-order valence-electron chi connectivity index (χ0n) is 13.7. The summed E-state index contributed by atoms with van der Waals surface area (Å²) in [4.78, 5) is 12.1. The van der Waals surface area contributed by atoms with Crippen molar-refractivity contribution in [2.24, 2.45) is 0 Å². The average Bonchev–Trinajstić information content (AvgIpc) is 2.60. The van der Waals surface area contributed by atoms with E-state index in [4.69, 9.17) is 4.74 Å². The molecule has 0 bridgehead atoms. The number of hydrogen-bond donors (Lipinski definition) is 2. The SMILES string of the molecule is CCOc1ccc(S(=O)(=O)NCCNC(=O)c2ccc(Br)cc2)cc1. The Balaban J connectivity index is 1.83. The molecule has 1 amide bonds. The number of hydrogen-bond acceptors (Lipinski definition) is 4. The fourth-order valence-electron chi connectivity index (χ4n) is 2.03. The van der Waals surface area contributed by atoms with Crippen LogP contribution in [0.25, 0.3) is 0 Å². The highest BCUT2D eigenvalue weighted by molar-refractivity contribution is 9.10. The Hall–Kier alpha value is -1.90. The molecule has 6 nitrogen and oxygen atoms in total. The van der Waals surface area contributed by atoms with E-state index in [2.05, 4.69) is 26.0 Å². The molecule has 0 radical (unpaired) electrons. The number of carbonyl (C=O) groups is 1. The lowest BCUT2D eigenvalue weighted by Gasteiger charge is -2.09. The Bertz CT molecular complexity index is 806. The molecule has 2 N–H and O–H groups in total. The molecule has 0 fully saturated rings. The van der Waals surface area contributed by atoms with Crippen molar-refractivity contribution in [2.75, 3.05) is 19.7 Å². The van der Waals surface area contributed by atoms with Gasteiger partial charge in [-0.25, -0.2) is 13.1 Å². The summed E-state index contributed by atoms with van der Waals surface area (Å²) in [5.41, 5.74) is 0.512. The Kier molecular flexibility index (Phi) is 6.98. The molecule has 0 aliphatic carbocycles. The van der Waals surface area contributed by atoms with Crippen LogP contribution in [-0.4, -0.2) is 34.0 Å². The standard InChI is InChI=1S/C17H19BrN2O4S/c1-2-24-15-7-9-16(10-8-15)25(22,23)20-12-11-19-17(21)13-3-5-14(18)6-4-13/h3-10,20H,2,11-12H2,1H3,(H,19,21). The first-order chi connectivity index (χ1) is 11.9. The number of sulfonamides is 1. The molecular formula is C17H19BrN2O4S. The maximum atomic E-state index is 12.2. The third-order valence-electron chi connectivity index (χ3n) is 3.25. The van der Waals surface area contributed by atoms with Crippen molar-refractivity contribution in [3.63, 3.8) is 0 Å². The van der Waals surface area contributed by atoms with E-state index in [0.717, 1.165) is 4.47 Å². The zero-order chi connectivity index (χ0) is 18.3. The van der Waals surface area contributed by atoms with Gasteiger partial charge in [0.25, 0.3) is 5.91 Å². The first-order valence-corrected chi connectivity index (χ1v) is 9.96. The Labute approximate surface area is 155 Å². The van der Waals surface area contributed by atoms with Crippen LogP contribution in [0.3, 0.4) is 0 Å². The minimum absolute atomic E-state index is 0.0951. The summed E-state index contributed by atoms with van der Waals surface area (Å²) in [6.45, 7) is 2.65. The van der Waals surface area contributed by atoms with E-state index < -0.39 is 10.0 Å². The van der Waals surface area contributed by atoms with Gasteiger partial charge in [0.1, 0.15) is 5.75 Å². The number of benzene rings is 2. The molecule has 2 aromatic carbocycles. The summed E-state index contributed by atoms with van der Waals surface area (Å²) >= 11 is 3.30. The minimum Gasteiger partial charge on any atom is -0.494 e. The highest BCUT2D eigenvalue weighted by atomic mass is 79.9. The highest BCUT2D eigenvalue weighted by Crippen LogP contribution is 2.15. The van der Waals surface area contributed by atoms with Crippen molar-refractivity contribution in [2.45, 2.75) is 11.8 Å². The van der Waals surface area contributed by atoms with E-state index in [-0.39, 0.29) is 23.9 Å². The first kappa shape index (κ1) is 19.4. The monoisotopic (exact) mass is 426 g/mol. The van der Waals surface area contributed by atoms with Crippen LogP contribution in [0.1, 0.15) is 17.3 Å². The number of ether oxygens (including phenoxy) is 1. The Morgan fingerprint density at radius 2 is 1.68 bits per heavy atom. The van der Waals surface area contributed by atoms with Crippen molar-refractivity contribution in [3.8, 4) is 5.75 Å². The second kappa shape index (κ2) is 8.98. The van der Waals surface area contributed by atoms with Gasteiger partial charge in [-0.15, -0.1) is 0 Å². The maximum absolute atomic E-state index is 12.2. The molecule has 0 aliphatic heterocycles.